The lowest BCUT2D eigenvalue weighted by Gasteiger charge is -2.04. The van der Waals surface area contributed by atoms with Crippen LogP contribution in [0.15, 0.2) is 36.7 Å². The molecule has 21 heavy (non-hydrogen) atoms. The van der Waals surface area contributed by atoms with Gasteiger partial charge in [-0.2, -0.15) is 5.10 Å². The average Bonchev–Trinajstić information content (AvgIpc) is 3.15. The van der Waals surface area contributed by atoms with Crippen LogP contribution in [0.5, 0.6) is 5.75 Å². The third-order valence-electron chi connectivity index (χ3n) is 3.09. The fourth-order valence-corrected chi connectivity index (χ4v) is 2.13. The smallest absolute Gasteiger partial charge is 0.297 e. The Kier molecular flexibility index (Phi) is 3.15. The fourth-order valence-electron chi connectivity index (χ4n) is 2.13. The predicted octanol–water partition coefficient (Wildman–Crippen LogP) is 1.72. The van der Waals surface area contributed by atoms with Gasteiger partial charge in [0, 0.05) is 17.8 Å². The summed E-state index contributed by atoms with van der Waals surface area (Å²) in [5, 5.41) is 9.30. The van der Waals surface area contributed by atoms with Gasteiger partial charge in [0.1, 0.15) is 11.6 Å². The van der Waals surface area contributed by atoms with Crippen molar-refractivity contribution in [2.45, 2.75) is 0 Å². The quantitative estimate of drug-likeness (QED) is 0.501. The second-order valence-corrected chi connectivity index (χ2v) is 4.34. The van der Waals surface area contributed by atoms with Crippen LogP contribution in [0.3, 0.4) is 0 Å². The largest absolute Gasteiger partial charge is 0.496 e. The maximum absolute atomic E-state index is 12.3. The summed E-state index contributed by atoms with van der Waals surface area (Å²) >= 11 is 0. The molecule has 2 aromatic heterocycles. The zero-order valence-corrected chi connectivity index (χ0v) is 11.1. The minimum absolute atomic E-state index is 0.263. The number of fused-ring (bicyclic) bond motifs is 1. The van der Waals surface area contributed by atoms with Gasteiger partial charge in [0.15, 0.2) is 0 Å². The van der Waals surface area contributed by atoms with Crippen molar-refractivity contribution in [2.24, 2.45) is 0 Å². The van der Waals surface area contributed by atoms with E-state index in [0.717, 1.165) is 5.52 Å². The summed E-state index contributed by atoms with van der Waals surface area (Å²) in [6.45, 7) is 0. The molecule has 0 radical (unpaired) electrons. The molecule has 106 valence electrons. The Morgan fingerprint density at radius 3 is 2.86 bits per heavy atom. The zero-order chi connectivity index (χ0) is 14.8. The first-order valence-electron chi connectivity index (χ1n) is 6.20. The molecule has 0 saturated heterocycles. The average molecular weight is 284 g/mol. The lowest BCUT2D eigenvalue weighted by Crippen LogP contribution is -2.22. The van der Waals surface area contributed by atoms with Gasteiger partial charge >= 0.3 is 0 Å². The highest BCUT2D eigenvalue weighted by Crippen LogP contribution is 2.28. The maximum Gasteiger partial charge on any atom is 0.297 e. The van der Waals surface area contributed by atoms with Crippen LogP contribution in [0.1, 0.15) is 10.4 Å². The number of aromatic nitrogens is 3. The summed E-state index contributed by atoms with van der Waals surface area (Å²) in [6, 6.07) is 6.90. The number of hydrogen-bond acceptors (Lipinski definition) is 4. The number of amides is 1. The number of carbonyl (C=O) groups excluding carboxylic acids is 2. The summed E-state index contributed by atoms with van der Waals surface area (Å²) in [7, 11) is 1.51. The Morgan fingerprint density at radius 1 is 1.29 bits per heavy atom. The molecule has 7 heteroatoms. The first-order chi connectivity index (χ1) is 10.2. The molecular weight excluding hydrogens is 272 g/mol. The lowest BCUT2D eigenvalue weighted by molar-refractivity contribution is -0.112. The number of nitrogens with zero attached hydrogens (tertiary/aromatic N) is 1. The summed E-state index contributed by atoms with van der Waals surface area (Å²) in [5.41, 5.74) is 0.992. The number of carbonyl (C=O) groups is 2. The van der Waals surface area contributed by atoms with E-state index in [0.29, 0.717) is 17.0 Å². The fraction of sp³-hybridized carbons (Fsp3) is 0.0714. The zero-order valence-electron chi connectivity index (χ0n) is 11.1. The van der Waals surface area contributed by atoms with E-state index in [1.54, 1.807) is 24.3 Å². The molecule has 0 unspecified atom stereocenters. The highest BCUT2D eigenvalue weighted by molar-refractivity contribution is 6.48. The molecule has 3 rings (SSSR count). The van der Waals surface area contributed by atoms with Crippen molar-refractivity contribution < 1.29 is 14.3 Å². The van der Waals surface area contributed by atoms with Crippen molar-refractivity contribution in [3.05, 3.63) is 42.2 Å². The number of hydrogen-bond donors (Lipinski definition) is 3. The Bertz CT molecular complexity index is 805. The summed E-state index contributed by atoms with van der Waals surface area (Å²) < 4.78 is 5.24. The number of aromatic amines is 2. The van der Waals surface area contributed by atoms with Crippen LogP contribution in [-0.4, -0.2) is 34.0 Å². The summed E-state index contributed by atoms with van der Waals surface area (Å²) in [4.78, 5) is 27.2. The minimum atomic E-state index is -0.744. The van der Waals surface area contributed by atoms with Gasteiger partial charge in [-0.3, -0.25) is 14.7 Å². The summed E-state index contributed by atoms with van der Waals surface area (Å²) in [6.07, 6.45) is 2.98. The van der Waals surface area contributed by atoms with Crippen LogP contribution in [0.4, 0.5) is 5.82 Å². The van der Waals surface area contributed by atoms with E-state index in [2.05, 4.69) is 20.5 Å². The molecule has 1 amide bonds. The molecule has 0 bridgehead atoms. The number of nitrogens with one attached hydrogen (secondary N) is 3. The number of H-pyrrole nitrogens is 2. The molecular formula is C14H12N4O3. The topological polar surface area (TPSA) is 99.9 Å². The maximum atomic E-state index is 12.3. The van der Waals surface area contributed by atoms with Crippen molar-refractivity contribution in [3.8, 4) is 5.75 Å². The first-order valence-corrected chi connectivity index (χ1v) is 6.20. The number of ketones is 1. The van der Waals surface area contributed by atoms with E-state index in [-0.39, 0.29) is 5.56 Å². The van der Waals surface area contributed by atoms with Crippen molar-refractivity contribution in [1.29, 1.82) is 0 Å². The van der Waals surface area contributed by atoms with Crippen molar-refractivity contribution in [2.75, 3.05) is 12.4 Å². The molecule has 0 saturated carbocycles. The molecule has 2 heterocycles. The monoisotopic (exact) mass is 284 g/mol. The van der Waals surface area contributed by atoms with Crippen LogP contribution >= 0.6 is 0 Å². The number of Topliss-reactive ketones (excluding diaryl/α,β-unsaturated/α-hetero) is 1. The molecule has 0 aliphatic rings. The van der Waals surface area contributed by atoms with Crippen molar-refractivity contribution in [3.63, 3.8) is 0 Å². The highest BCUT2D eigenvalue weighted by Gasteiger charge is 2.22. The molecule has 3 N–H and O–H groups in total. The van der Waals surface area contributed by atoms with E-state index in [4.69, 9.17) is 4.74 Å². The number of anilines is 1. The van der Waals surface area contributed by atoms with E-state index in [1.165, 1.54) is 19.5 Å². The number of methoxy groups -OCH3 is 1. The Balaban J connectivity index is 1.96. The predicted molar refractivity (Wildman–Crippen MR) is 76.4 cm³/mol. The van der Waals surface area contributed by atoms with Gasteiger partial charge in [-0.25, -0.2) is 0 Å². The van der Waals surface area contributed by atoms with Crippen molar-refractivity contribution in [1.82, 2.24) is 15.2 Å². The Morgan fingerprint density at radius 2 is 2.14 bits per heavy atom. The normalized spacial score (nSPS) is 10.5. The van der Waals surface area contributed by atoms with Gasteiger partial charge in [0.05, 0.1) is 24.3 Å². The molecule has 3 aromatic rings. The molecule has 1 aromatic carbocycles. The van der Waals surface area contributed by atoms with Gasteiger partial charge < -0.3 is 15.0 Å². The van der Waals surface area contributed by atoms with Gasteiger partial charge in [0.25, 0.3) is 11.7 Å². The molecule has 0 aliphatic carbocycles. The molecule has 7 nitrogen and oxygen atoms in total. The number of benzene rings is 1. The van der Waals surface area contributed by atoms with Gasteiger partial charge in [0.2, 0.25) is 0 Å². The van der Waals surface area contributed by atoms with Crippen LogP contribution in [0.25, 0.3) is 10.9 Å². The molecule has 0 spiro atoms. The molecule has 0 fully saturated rings. The number of ether oxygens (including phenoxy) is 1. The second kappa shape index (κ2) is 5.12. The minimum Gasteiger partial charge on any atom is -0.496 e. The van der Waals surface area contributed by atoms with Crippen LogP contribution in [0, 0.1) is 0 Å². The Labute approximate surface area is 119 Å². The van der Waals surface area contributed by atoms with E-state index < -0.39 is 11.7 Å². The highest BCUT2D eigenvalue weighted by atomic mass is 16.5. The van der Waals surface area contributed by atoms with Crippen LogP contribution in [-0.2, 0) is 4.79 Å². The van der Waals surface area contributed by atoms with E-state index in [1.807, 2.05) is 0 Å². The SMILES string of the molecule is COc1cccc2[nH]cc(C(=O)C(=O)Nc3ccn[nH]3)c12. The van der Waals surface area contributed by atoms with Crippen molar-refractivity contribution >= 4 is 28.4 Å². The molecule has 0 atom stereocenters. The Hall–Kier alpha value is -3.09. The number of rotatable bonds is 4. The third kappa shape index (κ3) is 2.25. The van der Waals surface area contributed by atoms with E-state index in [9.17, 15) is 9.59 Å². The van der Waals surface area contributed by atoms with E-state index >= 15 is 0 Å². The standard InChI is InChI=1S/C14H12N4O3/c1-21-10-4-2-3-9-12(10)8(7-15-9)13(19)14(20)17-11-5-6-16-18-11/h2-7,15H,1H3,(H2,16,17,18,20). The lowest BCUT2D eigenvalue weighted by atomic mass is 10.1. The molecule has 0 aliphatic heterocycles. The van der Waals surface area contributed by atoms with Gasteiger partial charge in [-0.15, -0.1) is 0 Å². The third-order valence-corrected chi connectivity index (χ3v) is 3.09. The first kappa shape index (κ1) is 12.9. The summed E-state index contributed by atoms with van der Waals surface area (Å²) in [5.74, 6) is -0.502. The van der Waals surface area contributed by atoms with Crippen LogP contribution < -0.4 is 10.1 Å². The van der Waals surface area contributed by atoms with Gasteiger partial charge in [-0.1, -0.05) is 6.07 Å². The van der Waals surface area contributed by atoms with Crippen LogP contribution in [0.2, 0.25) is 0 Å². The second-order valence-electron chi connectivity index (χ2n) is 4.34. The van der Waals surface area contributed by atoms with Gasteiger partial charge in [-0.05, 0) is 12.1 Å².